The molecule has 2 heterocycles. The molecule has 26 heavy (non-hydrogen) atoms. The summed E-state index contributed by atoms with van der Waals surface area (Å²) in [4.78, 5) is 0. The van der Waals surface area contributed by atoms with Crippen LogP contribution in [0, 0.1) is 6.92 Å². The van der Waals surface area contributed by atoms with Crippen molar-refractivity contribution >= 4 is 11.0 Å². The molecular formula is C21H25N3O2. The van der Waals surface area contributed by atoms with Crippen LogP contribution in [-0.2, 0) is 6.54 Å². The maximum absolute atomic E-state index is 5.59. The third-order valence-electron chi connectivity index (χ3n) is 5.26. The third kappa shape index (κ3) is 3.20. The van der Waals surface area contributed by atoms with E-state index in [1.165, 1.54) is 12.0 Å². The number of benzene rings is 2. The van der Waals surface area contributed by atoms with Crippen LogP contribution in [0.1, 0.15) is 35.7 Å². The van der Waals surface area contributed by atoms with Gasteiger partial charge in [0.1, 0.15) is 5.75 Å². The van der Waals surface area contributed by atoms with Crippen molar-refractivity contribution < 1.29 is 9.26 Å². The molecule has 0 amide bonds. The lowest BCUT2D eigenvalue weighted by molar-refractivity contribution is 0.302. The van der Waals surface area contributed by atoms with Crippen molar-refractivity contribution in [2.45, 2.75) is 38.4 Å². The van der Waals surface area contributed by atoms with E-state index < -0.39 is 0 Å². The summed E-state index contributed by atoms with van der Waals surface area (Å²) < 4.78 is 11.2. The molecule has 0 saturated carbocycles. The Morgan fingerprint density at radius 1 is 1.23 bits per heavy atom. The predicted molar refractivity (Wildman–Crippen MR) is 102 cm³/mol. The van der Waals surface area contributed by atoms with Crippen LogP contribution in [0.3, 0.4) is 0 Å². The second kappa shape index (κ2) is 7.48. The van der Waals surface area contributed by atoms with Gasteiger partial charge in [0, 0.05) is 24.0 Å². The number of hydrogen-bond acceptors (Lipinski definition) is 5. The molecule has 1 aliphatic heterocycles. The largest absolute Gasteiger partial charge is 0.496 e. The molecule has 2 atom stereocenters. The quantitative estimate of drug-likeness (QED) is 0.733. The zero-order chi connectivity index (χ0) is 17.9. The van der Waals surface area contributed by atoms with Crippen LogP contribution in [0.2, 0.25) is 0 Å². The lowest BCUT2D eigenvalue weighted by Gasteiger charge is -2.34. The second-order valence-electron chi connectivity index (χ2n) is 6.86. The number of aromatic nitrogens is 1. The van der Waals surface area contributed by atoms with E-state index >= 15 is 0 Å². The molecular weight excluding hydrogens is 326 g/mol. The number of fused-ring (bicyclic) bond motifs is 1. The van der Waals surface area contributed by atoms with Gasteiger partial charge in [0.25, 0.3) is 0 Å². The lowest BCUT2D eigenvalue weighted by Crippen LogP contribution is -2.45. The molecule has 0 radical (unpaired) electrons. The van der Waals surface area contributed by atoms with Gasteiger partial charge in [-0.15, -0.1) is 0 Å². The molecule has 3 aromatic rings. The number of nitrogens with one attached hydrogen (secondary N) is 2. The van der Waals surface area contributed by atoms with Gasteiger partial charge in [0.05, 0.1) is 18.4 Å². The molecule has 1 saturated heterocycles. The highest BCUT2D eigenvalue weighted by atomic mass is 16.5. The first-order chi connectivity index (χ1) is 12.8. The van der Waals surface area contributed by atoms with E-state index in [9.17, 15) is 0 Å². The van der Waals surface area contributed by atoms with Crippen LogP contribution < -0.4 is 15.4 Å². The monoisotopic (exact) mass is 351 g/mol. The second-order valence-corrected chi connectivity index (χ2v) is 6.86. The molecule has 0 spiro atoms. The molecule has 136 valence electrons. The molecule has 5 heteroatoms. The Morgan fingerprint density at radius 3 is 2.88 bits per heavy atom. The van der Waals surface area contributed by atoms with Gasteiger partial charge in [-0.1, -0.05) is 35.5 Å². The summed E-state index contributed by atoms with van der Waals surface area (Å²) in [6.07, 6.45) is 2.31. The molecule has 1 aliphatic rings. The van der Waals surface area contributed by atoms with Gasteiger partial charge in [0.15, 0.2) is 5.58 Å². The molecule has 1 fully saturated rings. The Kier molecular flexibility index (Phi) is 4.91. The van der Waals surface area contributed by atoms with Gasteiger partial charge < -0.3 is 19.9 Å². The van der Waals surface area contributed by atoms with Crippen molar-refractivity contribution in [2.24, 2.45) is 0 Å². The lowest BCUT2D eigenvalue weighted by atomic mass is 9.92. The van der Waals surface area contributed by atoms with E-state index in [0.29, 0.717) is 18.6 Å². The smallest absolute Gasteiger partial charge is 0.175 e. The first-order valence-corrected chi connectivity index (χ1v) is 9.21. The average Bonchev–Trinajstić information content (AvgIpc) is 3.08. The van der Waals surface area contributed by atoms with Gasteiger partial charge in [-0.2, -0.15) is 0 Å². The number of rotatable bonds is 5. The van der Waals surface area contributed by atoms with E-state index in [1.54, 1.807) is 7.11 Å². The standard InChI is InChI=1S/C21H25N3O2/c1-14-16-10-11-19(25-2)17(21(16)26-24-14)13-23-18-9-6-12-22-20(18)15-7-4-3-5-8-15/h3-5,7-8,10-11,18,20,22-23H,6,9,12-13H2,1-2H3/t18-,20-/m0/s1. The summed E-state index contributed by atoms with van der Waals surface area (Å²) in [5.41, 5.74) is 4.08. The van der Waals surface area contributed by atoms with Crippen molar-refractivity contribution in [1.29, 1.82) is 0 Å². The van der Waals surface area contributed by atoms with E-state index in [1.807, 2.05) is 19.1 Å². The van der Waals surface area contributed by atoms with Crippen LogP contribution in [0.15, 0.2) is 47.0 Å². The predicted octanol–water partition coefficient (Wildman–Crippen LogP) is 3.73. The van der Waals surface area contributed by atoms with E-state index in [-0.39, 0.29) is 0 Å². The van der Waals surface area contributed by atoms with E-state index in [4.69, 9.17) is 9.26 Å². The average molecular weight is 351 g/mol. The molecule has 1 aromatic heterocycles. The van der Waals surface area contributed by atoms with Crippen molar-refractivity contribution in [3.63, 3.8) is 0 Å². The Morgan fingerprint density at radius 2 is 2.08 bits per heavy atom. The zero-order valence-corrected chi connectivity index (χ0v) is 15.3. The normalized spacial score (nSPS) is 20.4. The third-order valence-corrected chi connectivity index (χ3v) is 5.26. The highest BCUT2D eigenvalue weighted by Gasteiger charge is 2.26. The molecule has 2 N–H and O–H groups in total. The van der Waals surface area contributed by atoms with Crippen molar-refractivity contribution in [3.8, 4) is 5.75 Å². The van der Waals surface area contributed by atoms with Crippen molar-refractivity contribution in [3.05, 3.63) is 59.3 Å². The number of nitrogens with zero attached hydrogens (tertiary/aromatic N) is 1. The minimum atomic E-state index is 0.312. The number of ether oxygens (including phenoxy) is 1. The summed E-state index contributed by atoms with van der Waals surface area (Å²) >= 11 is 0. The molecule has 0 bridgehead atoms. The van der Waals surface area contributed by atoms with Crippen molar-refractivity contribution in [1.82, 2.24) is 15.8 Å². The van der Waals surface area contributed by atoms with Gasteiger partial charge in [-0.05, 0) is 44.0 Å². The van der Waals surface area contributed by atoms with Crippen LogP contribution in [0.5, 0.6) is 5.75 Å². The highest BCUT2D eigenvalue weighted by Crippen LogP contribution is 2.31. The first kappa shape index (κ1) is 17.1. The molecule has 5 nitrogen and oxygen atoms in total. The molecule has 0 unspecified atom stereocenters. The Balaban J connectivity index is 1.59. The maximum Gasteiger partial charge on any atom is 0.175 e. The van der Waals surface area contributed by atoms with Crippen LogP contribution in [-0.4, -0.2) is 24.9 Å². The Bertz CT molecular complexity index is 876. The number of methoxy groups -OCH3 is 1. The zero-order valence-electron chi connectivity index (χ0n) is 15.3. The fourth-order valence-electron chi connectivity index (χ4n) is 3.87. The summed E-state index contributed by atoms with van der Waals surface area (Å²) in [7, 11) is 1.70. The van der Waals surface area contributed by atoms with Gasteiger partial charge in [-0.25, -0.2) is 0 Å². The fourth-order valence-corrected chi connectivity index (χ4v) is 3.87. The number of aryl methyl sites for hydroxylation is 1. The topological polar surface area (TPSA) is 59.3 Å². The van der Waals surface area contributed by atoms with Gasteiger partial charge in [0.2, 0.25) is 0 Å². The summed E-state index contributed by atoms with van der Waals surface area (Å²) in [6.45, 7) is 3.70. The summed E-state index contributed by atoms with van der Waals surface area (Å²) in [5, 5.41) is 12.6. The molecule has 2 aromatic carbocycles. The minimum Gasteiger partial charge on any atom is -0.496 e. The first-order valence-electron chi connectivity index (χ1n) is 9.21. The minimum absolute atomic E-state index is 0.312. The summed E-state index contributed by atoms with van der Waals surface area (Å²) in [5.74, 6) is 0.834. The number of hydrogen-bond donors (Lipinski definition) is 2. The summed E-state index contributed by atoms with van der Waals surface area (Å²) in [6, 6.07) is 15.3. The van der Waals surface area contributed by atoms with Gasteiger partial charge >= 0.3 is 0 Å². The van der Waals surface area contributed by atoms with Crippen LogP contribution >= 0.6 is 0 Å². The van der Waals surface area contributed by atoms with Crippen LogP contribution in [0.4, 0.5) is 0 Å². The molecule has 4 rings (SSSR count). The van der Waals surface area contributed by atoms with Crippen molar-refractivity contribution in [2.75, 3.05) is 13.7 Å². The fraction of sp³-hybridized carbons (Fsp3) is 0.381. The Labute approximate surface area is 153 Å². The van der Waals surface area contributed by atoms with Crippen LogP contribution in [0.25, 0.3) is 11.0 Å². The van der Waals surface area contributed by atoms with Gasteiger partial charge in [-0.3, -0.25) is 0 Å². The molecule has 0 aliphatic carbocycles. The highest BCUT2D eigenvalue weighted by molar-refractivity contribution is 5.84. The van der Waals surface area contributed by atoms with E-state index in [0.717, 1.165) is 40.9 Å². The SMILES string of the molecule is COc1ccc2c(C)noc2c1CN[C@H]1CCCN[C@H]1c1ccccc1. The number of piperidine rings is 1. The maximum atomic E-state index is 5.59. The Hall–Kier alpha value is -2.37. The van der Waals surface area contributed by atoms with E-state index in [2.05, 4.69) is 46.1 Å².